The lowest BCUT2D eigenvalue weighted by Gasteiger charge is -2.36. The van der Waals surface area contributed by atoms with Gasteiger partial charge in [-0.1, -0.05) is 28.9 Å². The first-order chi connectivity index (χ1) is 12.1. The number of hydrogen-bond donors (Lipinski definition) is 1. The summed E-state index contributed by atoms with van der Waals surface area (Å²) in [5.41, 5.74) is 1.25. The van der Waals surface area contributed by atoms with E-state index in [2.05, 4.69) is 36.3 Å². The van der Waals surface area contributed by atoms with Crippen molar-refractivity contribution in [2.24, 2.45) is 4.99 Å². The summed E-state index contributed by atoms with van der Waals surface area (Å²) in [6.45, 7) is 7.01. The Morgan fingerprint density at radius 2 is 2.12 bits per heavy atom. The SMILES string of the molecule is CN=C(NCc1noc(C)n1)N1CCN(Cc2cccc(Cl)c2)CC1. The first kappa shape index (κ1) is 17.7. The zero-order chi connectivity index (χ0) is 17.6. The van der Waals surface area contributed by atoms with Gasteiger partial charge in [-0.25, -0.2) is 0 Å². The second kappa shape index (κ2) is 8.31. The Kier molecular flexibility index (Phi) is 5.88. The quantitative estimate of drug-likeness (QED) is 0.662. The van der Waals surface area contributed by atoms with Crippen LogP contribution in [0.5, 0.6) is 0 Å². The summed E-state index contributed by atoms with van der Waals surface area (Å²) in [6.07, 6.45) is 0. The average molecular weight is 363 g/mol. The van der Waals surface area contributed by atoms with E-state index < -0.39 is 0 Å². The van der Waals surface area contributed by atoms with Gasteiger partial charge in [-0.15, -0.1) is 0 Å². The van der Waals surface area contributed by atoms with Crippen LogP contribution in [-0.4, -0.2) is 59.1 Å². The molecule has 1 fully saturated rings. The van der Waals surface area contributed by atoms with Crippen LogP contribution in [0.15, 0.2) is 33.8 Å². The molecule has 0 spiro atoms. The molecule has 1 aromatic heterocycles. The van der Waals surface area contributed by atoms with Crippen molar-refractivity contribution in [1.29, 1.82) is 0 Å². The van der Waals surface area contributed by atoms with Crippen molar-refractivity contribution in [3.05, 3.63) is 46.6 Å². The van der Waals surface area contributed by atoms with E-state index in [0.29, 0.717) is 18.3 Å². The molecule has 8 heteroatoms. The number of benzene rings is 1. The second-order valence-corrected chi connectivity index (χ2v) is 6.46. The first-order valence-electron chi connectivity index (χ1n) is 8.35. The van der Waals surface area contributed by atoms with Crippen LogP contribution in [0, 0.1) is 6.92 Å². The Labute approximate surface area is 152 Å². The predicted octanol–water partition coefficient (Wildman–Crippen LogP) is 1.92. The van der Waals surface area contributed by atoms with Crippen molar-refractivity contribution in [3.8, 4) is 0 Å². The Hall–Kier alpha value is -2.12. The maximum atomic E-state index is 6.07. The largest absolute Gasteiger partial charge is 0.349 e. The topological polar surface area (TPSA) is 69.8 Å². The maximum absolute atomic E-state index is 6.07. The van der Waals surface area contributed by atoms with Gasteiger partial charge in [0.15, 0.2) is 11.8 Å². The zero-order valence-electron chi connectivity index (χ0n) is 14.6. The standard InChI is InChI=1S/C17H23ClN6O/c1-13-21-16(22-25-13)11-20-17(19-2)24-8-6-23(7-9-24)12-14-4-3-5-15(18)10-14/h3-5,10H,6-9,11-12H2,1-2H3,(H,19,20). The minimum absolute atomic E-state index is 0.507. The molecule has 0 amide bonds. The normalized spacial score (nSPS) is 16.3. The van der Waals surface area contributed by atoms with Crippen LogP contribution in [0.4, 0.5) is 0 Å². The van der Waals surface area contributed by atoms with Gasteiger partial charge in [0.25, 0.3) is 0 Å². The summed E-state index contributed by atoms with van der Waals surface area (Å²) in [5, 5.41) is 7.98. The minimum Gasteiger partial charge on any atom is -0.349 e. The lowest BCUT2D eigenvalue weighted by molar-refractivity contribution is 0.172. The van der Waals surface area contributed by atoms with E-state index in [-0.39, 0.29) is 0 Å². The summed E-state index contributed by atoms with van der Waals surface area (Å²) in [5.74, 6) is 2.07. The molecule has 2 aromatic rings. The third kappa shape index (κ3) is 4.93. The number of nitrogens with one attached hydrogen (secondary N) is 1. The molecule has 0 unspecified atom stereocenters. The smallest absolute Gasteiger partial charge is 0.223 e. The van der Waals surface area contributed by atoms with Gasteiger partial charge in [0, 0.05) is 51.7 Å². The fraction of sp³-hybridized carbons (Fsp3) is 0.471. The highest BCUT2D eigenvalue weighted by Crippen LogP contribution is 2.14. The first-order valence-corrected chi connectivity index (χ1v) is 8.73. The van der Waals surface area contributed by atoms with Gasteiger partial charge in [-0.2, -0.15) is 4.98 Å². The van der Waals surface area contributed by atoms with E-state index in [1.165, 1.54) is 5.56 Å². The van der Waals surface area contributed by atoms with Crippen LogP contribution in [0.3, 0.4) is 0 Å². The Bertz CT molecular complexity index is 723. The molecular weight excluding hydrogens is 340 g/mol. The minimum atomic E-state index is 0.507. The molecule has 0 radical (unpaired) electrons. The third-order valence-electron chi connectivity index (χ3n) is 4.15. The molecule has 134 valence electrons. The molecule has 1 N–H and O–H groups in total. The number of aromatic nitrogens is 2. The fourth-order valence-electron chi connectivity index (χ4n) is 2.91. The van der Waals surface area contributed by atoms with Gasteiger partial charge >= 0.3 is 0 Å². The highest BCUT2D eigenvalue weighted by Gasteiger charge is 2.20. The number of aryl methyl sites for hydroxylation is 1. The van der Waals surface area contributed by atoms with Crippen LogP contribution in [0.2, 0.25) is 5.02 Å². The molecule has 25 heavy (non-hydrogen) atoms. The highest BCUT2D eigenvalue weighted by atomic mass is 35.5. The van der Waals surface area contributed by atoms with Gasteiger partial charge in [0.05, 0.1) is 6.54 Å². The number of halogens is 1. The maximum Gasteiger partial charge on any atom is 0.223 e. The Balaban J connectivity index is 1.48. The van der Waals surface area contributed by atoms with Gasteiger partial charge in [0.2, 0.25) is 5.89 Å². The average Bonchev–Trinajstić information content (AvgIpc) is 3.02. The summed E-state index contributed by atoms with van der Waals surface area (Å²) >= 11 is 6.07. The second-order valence-electron chi connectivity index (χ2n) is 6.02. The van der Waals surface area contributed by atoms with Crippen molar-refractivity contribution in [3.63, 3.8) is 0 Å². The van der Waals surface area contributed by atoms with Crippen LogP contribution in [-0.2, 0) is 13.1 Å². The molecular formula is C17H23ClN6O. The summed E-state index contributed by atoms with van der Waals surface area (Å²) in [7, 11) is 1.79. The van der Waals surface area contributed by atoms with E-state index >= 15 is 0 Å². The summed E-state index contributed by atoms with van der Waals surface area (Å²) < 4.78 is 4.98. The van der Waals surface area contributed by atoms with Gasteiger partial charge in [0.1, 0.15) is 0 Å². The predicted molar refractivity (Wildman–Crippen MR) is 97.5 cm³/mol. The van der Waals surface area contributed by atoms with Crippen molar-refractivity contribution >= 4 is 17.6 Å². The van der Waals surface area contributed by atoms with E-state index in [4.69, 9.17) is 16.1 Å². The molecule has 2 heterocycles. The number of guanidine groups is 1. The molecule has 1 aromatic carbocycles. The Morgan fingerprint density at radius 1 is 1.32 bits per heavy atom. The monoisotopic (exact) mass is 362 g/mol. The molecule has 0 aliphatic carbocycles. The van der Waals surface area contributed by atoms with Gasteiger partial charge in [-0.05, 0) is 17.7 Å². The van der Waals surface area contributed by atoms with Gasteiger partial charge in [-0.3, -0.25) is 9.89 Å². The third-order valence-corrected chi connectivity index (χ3v) is 4.39. The lowest BCUT2D eigenvalue weighted by Crippen LogP contribution is -2.52. The Morgan fingerprint density at radius 3 is 2.76 bits per heavy atom. The number of nitrogens with zero attached hydrogens (tertiary/aromatic N) is 5. The molecule has 3 rings (SSSR count). The van der Waals surface area contributed by atoms with Crippen LogP contribution < -0.4 is 5.32 Å². The zero-order valence-corrected chi connectivity index (χ0v) is 15.3. The molecule has 0 atom stereocenters. The van der Waals surface area contributed by atoms with Crippen LogP contribution >= 0.6 is 11.6 Å². The molecule has 0 bridgehead atoms. The lowest BCUT2D eigenvalue weighted by atomic mass is 10.2. The fourth-order valence-corrected chi connectivity index (χ4v) is 3.13. The summed E-state index contributed by atoms with van der Waals surface area (Å²) in [4.78, 5) is 13.2. The van der Waals surface area contributed by atoms with Crippen LogP contribution in [0.1, 0.15) is 17.3 Å². The summed E-state index contributed by atoms with van der Waals surface area (Å²) in [6, 6.07) is 8.05. The molecule has 7 nitrogen and oxygen atoms in total. The van der Waals surface area contributed by atoms with Crippen molar-refractivity contribution in [1.82, 2.24) is 25.3 Å². The number of hydrogen-bond acceptors (Lipinski definition) is 5. The van der Waals surface area contributed by atoms with Gasteiger partial charge < -0.3 is 14.7 Å². The van der Waals surface area contributed by atoms with E-state index in [9.17, 15) is 0 Å². The molecule has 1 aliphatic rings. The van der Waals surface area contributed by atoms with Crippen molar-refractivity contribution in [2.75, 3.05) is 33.2 Å². The van der Waals surface area contributed by atoms with E-state index in [0.717, 1.165) is 43.7 Å². The number of aliphatic imine (C=N–C) groups is 1. The number of rotatable bonds is 4. The van der Waals surface area contributed by atoms with Crippen molar-refractivity contribution in [2.45, 2.75) is 20.0 Å². The molecule has 0 saturated carbocycles. The molecule has 1 aliphatic heterocycles. The van der Waals surface area contributed by atoms with E-state index in [1.807, 2.05) is 18.2 Å². The highest BCUT2D eigenvalue weighted by molar-refractivity contribution is 6.30. The number of piperazine rings is 1. The van der Waals surface area contributed by atoms with E-state index in [1.54, 1.807) is 14.0 Å². The van der Waals surface area contributed by atoms with Crippen molar-refractivity contribution < 1.29 is 4.52 Å². The van der Waals surface area contributed by atoms with Crippen LogP contribution in [0.25, 0.3) is 0 Å². The molecule has 1 saturated heterocycles.